The SMILES string of the molecule is Nc1ccc2nc(-c3cc(Cl)c(O)c(Cl)c3)[nH]c2c1. The Labute approximate surface area is 118 Å². The number of halogens is 2. The van der Waals surface area contributed by atoms with Gasteiger partial charge in [0.05, 0.1) is 21.1 Å². The summed E-state index contributed by atoms with van der Waals surface area (Å²) >= 11 is 11.8. The van der Waals surface area contributed by atoms with E-state index in [0.717, 1.165) is 11.0 Å². The second-order valence-corrected chi connectivity index (χ2v) is 4.96. The maximum atomic E-state index is 9.54. The standard InChI is InChI=1S/C13H9Cl2N3O/c14-8-3-6(4-9(15)12(8)19)13-17-10-2-1-7(16)5-11(10)18-13/h1-5,19H,16H2,(H,17,18). The van der Waals surface area contributed by atoms with E-state index < -0.39 is 0 Å². The summed E-state index contributed by atoms with van der Waals surface area (Å²) in [4.78, 5) is 7.56. The molecule has 3 rings (SSSR count). The smallest absolute Gasteiger partial charge is 0.152 e. The van der Waals surface area contributed by atoms with Crippen LogP contribution in [0, 0.1) is 0 Å². The number of nitrogens with one attached hydrogen (secondary N) is 1. The van der Waals surface area contributed by atoms with Gasteiger partial charge in [0, 0.05) is 11.3 Å². The molecule has 96 valence electrons. The highest BCUT2D eigenvalue weighted by Gasteiger charge is 2.11. The molecule has 0 saturated heterocycles. The van der Waals surface area contributed by atoms with Crippen LogP contribution in [0.3, 0.4) is 0 Å². The molecule has 3 aromatic rings. The predicted octanol–water partition coefficient (Wildman–Crippen LogP) is 3.82. The van der Waals surface area contributed by atoms with Crippen molar-refractivity contribution >= 4 is 39.9 Å². The molecule has 0 amide bonds. The number of hydrogen-bond acceptors (Lipinski definition) is 3. The number of nitrogens with zero attached hydrogens (tertiary/aromatic N) is 1. The number of imidazole rings is 1. The van der Waals surface area contributed by atoms with Crippen molar-refractivity contribution in [2.45, 2.75) is 0 Å². The molecule has 0 bridgehead atoms. The third-order valence-electron chi connectivity index (χ3n) is 2.80. The van der Waals surface area contributed by atoms with Gasteiger partial charge in [0.2, 0.25) is 0 Å². The molecule has 0 fully saturated rings. The molecule has 0 atom stereocenters. The van der Waals surface area contributed by atoms with Crippen LogP contribution in [0.1, 0.15) is 0 Å². The zero-order valence-electron chi connectivity index (χ0n) is 9.61. The first kappa shape index (κ1) is 12.1. The number of aromatic amines is 1. The number of phenols is 1. The van der Waals surface area contributed by atoms with Crippen LogP contribution in [0.25, 0.3) is 22.4 Å². The first-order valence-corrected chi connectivity index (χ1v) is 6.24. The normalized spacial score (nSPS) is 11.1. The minimum atomic E-state index is -0.132. The second-order valence-electron chi connectivity index (χ2n) is 4.15. The summed E-state index contributed by atoms with van der Waals surface area (Å²) in [5.41, 5.74) is 8.70. The van der Waals surface area contributed by atoms with Gasteiger partial charge < -0.3 is 15.8 Å². The zero-order chi connectivity index (χ0) is 13.6. The Morgan fingerprint density at radius 3 is 2.47 bits per heavy atom. The maximum Gasteiger partial charge on any atom is 0.152 e. The van der Waals surface area contributed by atoms with Crippen molar-refractivity contribution < 1.29 is 5.11 Å². The summed E-state index contributed by atoms with van der Waals surface area (Å²) in [5.74, 6) is 0.483. The molecule has 0 aliphatic heterocycles. The fraction of sp³-hybridized carbons (Fsp3) is 0. The highest BCUT2D eigenvalue weighted by Crippen LogP contribution is 2.36. The summed E-state index contributed by atoms with van der Waals surface area (Å²) in [6, 6.07) is 8.61. The molecular weight excluding hydrogens is 285 g/mol. The van der Waals surface area contributed by atoms with Gasteiger partial charge in [-0.15, -0.1) is 0 Å². The van der Waals surface area contributed by atoms with E-state index in [-0.39, 0.29) is 15.8 Å². The molecule has 0 saturated carbocycles. The van der Waals surface area contributed by atoms with E-state index in [1.807, 2.05) is 6.07 Å². The van der Waals surface area contributed by atoms with Gasteiger partial charge in [-0.2, -0.15) is 0 Å². The van der Waals surface area contributed by atoms with E-state index in [0.29, 0.717) is 17.1 Å². The molecule has 0 radical (unpaired) electrons. The van der Waals surface area contributed by atoms with Crippen LogP contribution in [0.4, 0.5) is 5.69 Å². The van der Waals surface area contributed by atoms with Gasteiger partial charge in [0.15, 0.2) is 5.75 Å². The molecule has 0 aliphatic rings. The molecule has 2 aromatic carbocycles. The fourth-order valence-electron chi connectivity index (χ4n) is 1.87. The van der Waals surface area contributed by atoms with Crippen molar-refractivity contribution in [1.29, 1.82) is 0 Å². The number of nitrogens with two attached hydrogens (primary N) is 1. The van der Waals surface area contributed by atoms with Crippen LogP contribution in [0.15, 0.2) is 30.3 Å². The van der Waals surface area contributed by atoms with Crippen LogP contribution in [0.5, 0.6) is 5.75 Å². The lowest BCUT2D eigenvalue weighted by Gasteiger charge is -2.02. The Morgan fingerprint density at radius 1 is 1.11 bits per heavy atom. The van der Waals surface area contributed by atoms with E-state index in [9.17, 15) is 5.11 Å². The topological polar surface area (TPSA) is 74.9 Å². The molecule has 4 nitrogen and oxygen atoms in total. The lowest BCUT2D eigenvalue weighted by atomic mass is 10.2. The summed E-state index contributed by atoms with van der Waals surface area (Å²) in [6.45, 7) is 0. The highest BCUT2D eigenvalue weighted by atomic mass is 35.5. The van der Waals surface area contributed by atoms with Crippen molar-refractivity contribution in [3.05, 3.63) is 40.4 Å². The largest absolute Gasteiger partial charge is 0.505 e. The highest BCUT2D eigenvalue weighted by molar-refractivity contribution is 6.37. The van der Waals surface area contributed by atoms with Crippen LogP contribution < -0.4 is 5.73 Å². The Bertz CT molecular complexity index is 760. The van der Waals surface area contributed by atoms with Gasteiger partial charge in [-0.25, -0.2) is 4.98 Å². The van der Waals surface area contributed by atoms with Gasteiger partial charge in [0.25, 0.3) is 0 Å². The van der Waals surface area contributed by atoms with E-state index in [4.69, 9.17) is 28.9 Å². The van der Waals surface area contributed by atoms with E-state index >= 15 is 0 Å². The van der Waals surface area contributed by atoms with Gasteiger partial charge in [-0.3, -0.25) is 0 Å². The number of aromatic hydroxyl groups is 1. The molecule has 4 N–H and O–H groups in total. The monoisotopic (exact) mass is 293 g/mol. The quantitative estimate of drug-likeness (QED) is 0.597. The first-order chi connectivity index (χ1) is 9.04. The zero-order valence-corrected chi connectivity index (χ0v) is 11.1. The Hall–Kier alpha value is -1.91. The van der Waals surface area contributed by atoms with E-state index in [1.54, 1.807) is 24.3 Å². The van der Waals surface area contributed by atoms with E-state index in [2.05, 4.69) is 9.97 Å². The summed E-state index contributed by atoms with van der Waals surface area (Å²) < 4.78 is 0. The van der Waals surface area contributed by atoms with Gasteiger partial charge in [0.1, 0.15) is 5.82 Å². The number of benzene rings is 2. The number of phenolic OH excluding ortho intramolecular Hbond substituents is 1. The second kappa shape index (κ2) is 4.33. The average molecular weight is 294 g/mol. The average Bonchev–Trinajstić information content (AvgIpc) is 2.78. The lowest BCUT2D eigenvalue weighted by Crippen LogP contribution is -1.82. The summed E-state index contributed by atoms with van der Waals surface area (Å²) in [6.07, 6.45) is 0. The van der Waals surface area contributed by atoms with Crippen molar-refractivity contribution in [3.63, 3.8) is 0 Å². The van der Waals surface area contributed by atoms with Gasteiger partial charge in [-0.1, -0.05) is 23.2 Å². The Balaban J connectivity index is 2.19. The number of fused-ring (bicyclic) bond motifs is 1. The van der Waals surface area contributed by atoms with Crippen molar-refractivity contribution in [2.75, 3.05) is 5.73 Å². The summed E-state index contributed by atoms with van der Waals surface area (Å²) in [7, 11) is 0. The third-order valence-corrected chi connectivity index (χ3v) is 3.37. The molecule has 6 heteroatoms. The van der Waals surface area contributed by atoms with Crippen LogP contribution >= 0.6 is 23.2 Å². The number of rotatable bonds is 1. The molecule has 1 aromatic heterocycles. The molecule has 0 aliphatic carbocycles. The van der Waals surface area contributed by atoms with Gasteiger partial charge >= 0.3 is 0 Å². The number of hydrogen-bond donors (Lipinski definition) is 3. The first-order valence-electron chi connectivity index (χ1n) is 5.48. The van der Waals surface area contributed by atoms with Crippen LogP contribution in [-0.2, 0) is 0 Å². The minimum absolute atomic E-state index is 0.132. The summed E-state index contributed by atoms with van der Waals surface area (Å²) in [5, 5.41) is 9.91. The minimum Gasteiger partial charge on any atom is -0.505 e. The van der Waals surface area contributed by atoms with Gasteiger partial charge in [-0.05, 0) is 30.3 Å². The predicted molar refractivity (Wildman–Crippen MR) is 77.6 cm³/mol. The Kier molecular flexibility index (Phi) is 2.77. The number of anilines is 1. The van der Waals surface area contributed by atoms with E-state index in [1.165, 1.54) is 0 Å². The lowest BCUT2D eigenvalue weighted by molar-refractivity contribution is 0.476. The van der Waals surface area contributed by atoms with Crippen LogP contribution in [-0.4, -0.2) is 15.1 Å². The fourth-order valence-corrected chi connectivity index (χ4v) is 2.35. The molecule has 1 heterocycles. The number of nitrogen functional groups attached to an aromatic ring is 1. The third kappa shape index (κ3) is 2.09. The van der Waals surface area contributed by atoms with Crippen LogP contribution in [0.2, 0.25) is 10.0 Å². The Morgan fingerprint density at radius 2 is 1.79 bits per heavy atom. The molecule has 19 heavy (non-hydrogen) atoms. The van der Waals surface area contributed by atoms with Crippen molar-refractivity contribution in [2.24, 2.45) is 0 Å². The molecule has 0 spiro atoms. The maximum absolute atomic E-state index is 9.54. The molecule has 0 unspecified atom stereocenters. The number of aromatic nitrogens is 2. The molecular formula is C13H9Cl2N3O. The van der Waals surface area contributed by atoms with Crippen molar-refractivity contribution in [3.8, 4) is 17.1 Å². The van der Waals surface area contributed by atoms with Crippen molar-refractivity contribution in [1.82, 2.24) is 9.97 Å². The number of H-pyrrole nitrogens is 1.